The molecule has 0 saturated carbocycles. The Hall–Kier alpha value is -2.67. The van der Waals surface area contributed by atoms with Crippen LogP contribution in [0.5, 0.6) is 5.75 Å². The van der Waals surface area contributed by atoms with Crippen molar-refractivity contribution in [1.82, 2.24) is 15.3 Å². The minimum absolute atomic E-state index is 0.273. The first-order valence-electron chi connectivity index (χ1n) is 7.79. The van der Waals surface area contributed by atoms with E-state index in [0.717, 1.165) is 12.2 Å². The molecule has 0 saturated heterocycles. The summed E-state index contributed by atoms with van der Waals surface area (Å²) in [6.45, 7) is 2.93. The normalized spacial score (nSPS) is 11.6. The molecule has 7 heteroatoms. The van der Waals surface area contributed by atoms with Gasteiger partial charge in [0.15, 0.2) is 0 Å². The lowest BCUT2D eigenvalue weighted by Gasteiger charge is -2.13. The Morgan fingerprint density at radius 1 is 1.25 bits per heavy atom. The molecule has 4 N–H and O–H groups in total. The molecule has 7 nitrogen and oxygen atoms in total. The fourth-order valence-corrected chi connectivity index (χ4v) is 2.20. The molecule has 1 heterocycles. The van der Waals surface area contributed by atoms with Crippen LogP contribution in [0.2, 0.25) is 0 Å². The zero-order valence-corrected chi connectivity index (χ0v) is 14.0. The van der Waals surface area contributed by atoms with Gasteiger partial charge in [0.25, 0.3) is 0 Å². The number of benzene rings is 1. The zero-order valence-electron chi connectivity index (χ0n) is 14.0. The molecule has 128 valence electrons. The van der Waals surface area contributed by atoms with E-state index < -0.39 is 0 Å². The van der Waals surface area contributed by atoms with Gasteiger partial charge in [-0.25, -0.2) is 14.8 Å². The maximum atomic E-state index is 11.9. The molecule has 1 unspecified atom stereocenters. The molecular weight excluding hydrogens is 306 g/mol. The van der Waals surface area contributed by atoms with E-state index in [4.69, 9.17) is 10.5 Å². The molecule has 1 atom stereocenters. The predicted molar refractivity (Wildman–Crippen MR) is 92.8 cm³/mol. The zero-order chi connectivity index (χ0) is 17.4. The lowest BCUT2D eigenvalue weighted by molar-refractivity contribution is 0.250. The Bertz CT molecular complexity index is 643. The molecular formula is C17H23N5O2. The van der Waals surface area contributed by atoms with Crippen LogP contribution >= 0.6 is 0 Å². The van der Waals surface area contributed by atoms with Crippen LogP contribution in [0.1, 0.15) is 18.3 Å². The summed E-state index contributed by atoms with van der Waals surface area (Å²) < 4.78 is 5.14. The van der Waals surface area contributed by atoms with Crippen molar-refractivity contribution in [3.63, 3.8) is 0 Å². The molecule has 2 amide bonds. The summed E-state index contributed by atoms with van der Waals surface area (Å²) >= 11 is 0. The summed E-state index contributed by atoms with van der Waals surface area (Å²) in [5, 5.41) is 5.54. The molecule has 0 bridgehead atoms. The Labute approximate surface area is 141 Å². The monoisotopic (exact) mass is 329 g/mol. The number of amides is 2. The van der Waals surface area contributed by atoms with Gasteiger partial charge in [0.1, 0.15) is 11.6 Å². The second-order valence-corrected chi connectivity index (χ2v) is 5.58. The van der Waals surface area contributed by atoms with Gasteiger partial charge in [0.2, 0.25) is 0 Å². The van der Waals surface area contributed by atoms with Crippen molar-refractivity contribution < 1.29 is 9.53 Å². The average Bonchev–Trinajstić information content (AvgIpc) is 2.61. The summed E-state index contributed by atoms with van der Waals surface area (Å²) in [5.41, 5.74) is 7.17. The van der Waals surface area contributed by atoms with E-state index in [0.29, 0.717) is 24.0 Å². The number of rotatable bonds is 7. The molecule has 0 aliphatic heterocycles. The quantitative estimate of drug-likeness (QED) is 0.720. The molecule has 0 radical (unpaired) electrons. The van der Waals surface area contributed by atoms with Gasteiger partial charge in [-0.3, -0.25) is 0 Å². The Morgan fingerprint density at radius 2 is 1.92 bits per heavy atom. The number of urea groups is 1. The van der Waals surface area contributed by atoms with Gasteiger partial charge in [0, 0.05) is 6.54 Å². The number of ether oxygens (including phenoxy) is 1. The van der Waals surface area contributed by atoms with Crippen LogP contribution in [0.15, 0.2) is 36.7 Å². The van der Waals surface area contributed by atoms with Crippen molar-refractivity contribution in [2.45, 2.75) is 19.9 Å². The number of nitrogens with two attached hydrogens (primary N) is 1. The van der Waals surface area contributed by atoms with E-state index in [1.807, 2.05) is 24.3 Å². The van der Waals surface area contributed by atoms with Gasteiger partial charge < -0.3 is 21.1 Å². The molecule has 24 heavy (non-hydrogen) atoms. The number of methoxy groups -OCH3 is 1. The van der Waals surface area contributed by atoms with Gasteiger partial charge in [-0.05, 0) is 30.0 Å². The fraction of sp³-hybridized carbons (Fsp3) is 0.353. The van der Waals surface area contributed by atoms with E-state index in [-0.39, 0.29) is 12.6 Å². The Morgan fingerprint density at radius 3 is 2.50 bits per heavy atom. The molecule has 0 spiro atoms. The van der Waals surface area contributed by atoms with E-state index >= 15 is 0 Å². The van der Waals surface area contributed by atoms with E-state index in [9.17, 15) is 4.79 Å². The largest absolute Gasteiger partial charge is 0.497 e. The van der Waals surface area contributed by atoms with Crippen LogP contribution in [0.4, 0.5) is 10.5 Å². The van der Waals surface area contributed by atoms with Crippen molar-refractivity contribution in [2.75, 3.05) is 19.0 Å². The third-order valence-corrected chi connectivity index (χ3v) is 3.50. The summed E-state index contributed by atoms with van der Waals surface area (Å²) in [5.74, 6) is 1.68. The van der Waals surface area contributed by atoms with Gasteiger partial charge in [-0.15, -0.1) is 0 Å². The van der Waals surface area contributed by atoms with Crippen LogP contribution in [0.3, 0.4) is 0 Å². The smallest absolute Gasteiger partial charge is 0.319 e. The summed E-state index contributed by atoms with van der Waals surface area (Å²) in [6, 6.07) is 7.67. The van der Waals surface area contributed by atoms with Crippen LogP contribution in [-0.4, -0.2) is 29.7 Å². The summed E-state index contributed by atoms with van der Waals surface area (Å²) in [4.78, 5) is 19.9. The lowest BCUT2D eigenvalue weighted by atomic mass is 10.0. The van der Waals surface area contributed by atoms with Crippen LogP contribution in [0.25, 0.3) is 0 Å². The first-order chi connectivity index (χ1) is 11.6. The van der Waals surface area contributed by atoms with Gasteiger partial charge in [-0.2, -0.15) is 0 Å². The molecule has 0 aliphatic rings. The standard InChI is InChI=1S/C17H23N5O2/c1-12(7-13-3-5-15(24-2)6-4-13)9-21-17(23)22-14-10-19-16(8-18)20-11-14/h3-6,10-12H,7-9,18H2,1-2H3,(H2,21,22,23). The molecule has 1 aromatic heterocycles. The Balaban J connectivity index is 1.75. The lowest BCUT2D eigenvalue weighted by Crippen LogP contribution is -2.33. The number of hydrogen-bond acceptors (Lipinski definition) is 5. The maximum Gasteiger partial charge on any atom is 0.319 e. The van der Waals surface area contributed by atoms with Gasteiger partial charge >= 0.3 is 6.03 Å². The number of anilines is 1. The molecule has 0 aliphatic carbocycles. The predicted octanol–water partition coefficient (Wildman–Crippen LogP) is 1.94. The van der Waals surface area contributed by atoms with Crippen LogP contribution in [-0.2, 0) is 13.0 Å². The second kappa shape index (κ2) is 8.83. The minimum atomic E-state index is -0.277. The number of nitrogens with one attached hydrogen (secondary N) is 2. The molecule has 2 aromatic rings. The van der Waals surface area contributed by atoms with Gasteiger partial charge in [-0.1, -0.05) is 19.1 Å². The van der Waals surface area contributed by atoms with E-state index in [1.165, 1.54) is 18.0 Å². The van der Waals surface area contributed by atoms with E-state index in [1.54, 1.807) is 7.11 Å². The van der Waals surface area contributed by atoms with Crippen molar-refractivity contribution >= 4 is 11.7 Å². The molecule has 0 fully saturated rings. The summed E-state index contributed by atoms with van der Waals surface area (Å²) in [6.07, 6.45) is 3.95. The Kier molecular flexibility index (Phi) is 6.51. The van der Waals surface area contributed by atoms with Crippen molar-refractivity contribution in [2.24, 2.45) is 11.7 Å². The van der Waals surface area contributed by atoms with Crippen molar-refractivity contribution in [3.05, 3.63) is 48.0 Å². The number of carbonyl (C=O) groups excluding carboxylic acids is 1. The highest BCUT2D eigenvalue weighted by atomic mass is 16.5. The average molecular weight is 329 g/mol. The van der Waals surface area contributed by atoms with Crippen LogP contribution in [0, 0.1) is 5.92 Å². The number of aromatic nitrogens is 2. The highest BCUT2D eigenvalue weighted by Crippen LogP contribution is 2.14. The second-order valence-electron chi connectivity index (χ2n) is 5.58. The first kappa shape index (κ1) is 17.7. The molecule has 1 aromatic carbocycles. The minimum Gasteiger partial charge on any atom is -0.497 e. The maximum absolute atomic E-state index is 11.9. The van der Waals surface area contributed by atoms with Crippen molar-refractivity contribution in [1.29, 1.82) is 0 Å². The fourth-order valence-electron chi connectivity index (χ4n) is 2.20. The van der Waals surface area contributed by atoms with Crippen LogP contribution < -0.4 is 21.1 Å². The van der Waals surface area contributed by atoms with Crippen molar-refractivity contribution in [3.8, 4) is 5.75 Å². The number of hydrogen-bond donors (Lipinski definition) is 3. The number of carbonyl (C=O) groups is 1. The topological polar surface area (TPSA) is 102 Å². The summed E-state index contributed by atoms with van der Waals surface area (Å²) in [7, 11) is 1.65. The SMILES string of the molecule is COc1ccc(CC(C)CNC(=O)Nc2cnc(CN)nc2)cc1. The third-order valence-electron chi connectivity index (χ3n) is 3.50. The van der Waals surface area contributed by atoms with E-state index in [2.05, 4.69) is 27.5 Å². The molecule has 2 rings (SSSR count). The number of nitrogens with zero attached hydrogens (tertiary/aromatic N) is 2. The highest BCUT2D eigenvalue weighted by molar-refractivity contribution is 5.88. The third kappa shape index (κ3) is 5.51. The highest BCUT2D eigenvalue weighted by Gasteiger charge is 2.07. The van der Waals surface area contributed by atoms with Gasteiger partial charge in [0.05, 0.1) is 31.7 Å². The first-order valence-corrected chi connectivity index (χ1v) is 7.79.